The number of benzene rings is 4. The standard InChI is InChI=1S/C27H22S2.2Y/c1-27(2,21-13-17-25(18-14-21)28-23-9-5-3-6-10-23)22-15-19-26(20-16-22)29-24-11-7-4-8-12-24;;/h5-20H,1-2H3;;/q-2;;. The molecule has 0 aliphatic carbocycles. The summed E-state index contributed by atoms with van der Waals surface area (Å²) in [4.78, 5) is 4.98. The van der Waals surface area contributed by atoms with Crippen molar-refractivity contribution >= 4 is 23.5 Å². The molecule has 4 aromatic carbocycles. The molecule has 2 radical (unpaired) electrons. The van der Waals surface area contributed by atoms with Crippen molar-refractivity contribution in [3.05, 3.63) is 120 Å². The van der Waals surface area contributed by atoms with Crippen LogP contribution in [0.1, 0.15) is 25.0 Å². The second-order valence-corrected chi connectivity index (χ2v) is 9.64. The van der Waals surface area contributed by atoms with E-state index in [1.165, 1.54) is 30.7 Å². The van der Waals surface area contributed by atoms with E-state index in [1.807, 2.05) is 24.3 Å². The van der Waals surface area contributed by atoms with E-state index in [-0.39, 0.29) is 70.8 Å². The number of hydrogen-bond donors (Lipinski definition) is 0. The minimum atomic E-state index is -0.0458. The van der Waals surface area contributed by atoms with Gasteiger partial charge in [0.05, 0.1) is 0 Å². The van der Waals surface area contributed by atoms with Crippen LogP contribution < -0.4 is 0 Å². The Balaban J connectivity index is 0.00000171. The fraction of sp³-hybridized carbons (Fsp3) is 0.111. The van der Waals surface area contributed by atoms with Gasteiger partial charge in [-0.25, -0.2) is 0 Å². The van der Waals surface area contributed by atoms with E-state index < -0.39 is 0 Å². The molecule has 0 saturated carbocycles. The first kappa shape index (κ1) is 27.0. The average Bonchev–Trinajstić information content (AvgIpc) is 2.76. The van der Waals surface area contributed by atoms with Crippen LogP contribution in [0, 0.1) is 12.1 Å². The minimum absolute atomic E-state index is 0. The second kappa shape index (κ2) is 12.9. The van der Waals surface area contributed by atoms with E-state index >= 15 is 0 Å². The minimum Gasteiger partial charge on any atom is -0.184 e. The van der Waals surface area contributed by atoms with Crippen molar-refractivity contribution in [2.75, 3.05) is 0 Å². The molecular weight excluding hydrogens is 566 g/mol. The first-order valence-corrected chi connectivity index (χ1v) is 11.2. The summed E-state index contributed by atoms with van der Waals surface area (Å²) in [5, 5.41) is 0. The van der Waals surface area contributed by atoms with Crippen molar-refractivity contribution in [2.45, 2.75) is 38.8 Å². The zero-order chi connectivity index (χ0) is 20.1. The monoisotopic (exact) mass is 588 g/mol. The van der Waals surface area contributed by atoms with Crippen molar-refractivity contribution in [2.24, 2.45) is 0 Å². The maximum absolute atomic E-state index is 3.07. The van der Waals surface area contributed by atoms with Crippen molar-refractivity contribution in [1.82, 2.24) is 0 Å². The Hall–Kier alpha value is -0.212. The van der Waals surface area contributed by atoms with Gasteiger partial charge in [-0.2, -0.15) is 60.7 Å². The normalized spacial score (nSPS) is 10.6. The Morgan fingerprint density at radius 3 is 1.10 bits per heavy atom. The maximum atomic E-state index is 3.07. The Morgan fingerprint density at radius 2 is 0.774 bits per heavy atom. The van der Waals surface area contributed by atoms with E-state index in [0.717, 1.165) is 0 Å². The molecule has 4 aromatic rings. The summed E-state index contributed by atoms with van der Waals surface area (Å²) in [6.07, 6.45) is 0. The molecular formula is C27H22S2Y2-2. The Labute approximate surface area is 245 Å². The molecule has 0 spiro atoms. The predicted octanol–water partition coefficient (Wildman–Crippen LogP) is 7.91. The second-order valence-electron chi connectivity index (χ2n) is 7.35. The van der Waals surface area contributed by atoms with Gasteiger partial charge in [-0.3, -0.25) is 0 Å². The van der Waals surface area contributed by atoms with E-state index in [2.05, 4.69) is 98.8 Å². The predicted molar refractivity (Wildman–Crippen MR) is 124 cm³/mol. The van der Waals surface area contributed by atoms with Crippen LogP contribution in [-0.2, 0) is 70.8 Å². The van der Waals surface area contributed by atoms with Gasteiger partial charge in [0, 0.05) is 80.6 Å². The molecule has 0 N–H and O–H groups in total. The fourth-order valence-corrected chi connectivity index (χ4v) is 4.83. The van der Waals surface area contributed by atoms with E-state index in [9.17, 15) is 0 Å². The maximum Gasteiger partial charge on any atom is 0.0146 e. The van der Waals surface area contributed by atoms with Crippen LogP contribution in [0.3, 0.4) is 0 Å². The molecule has 0 bridgehead atoms. The molecule has 4 heteroatoms. The van der Waals surface area contributed by atoms with Crippen LogP contribution in [0.4, 0.5) is 0 Å². The van der Waals surface area contributed by atoms with Gasteiger partial charge < -0.3 is 0 Å². The average molecular weight is 588 g/mol. The third kappa shape index (κ3) is 7.39. The largest absolute Gasteiger partial charge is 0.184 e. The number of hydrogen-bond acceptors (Lipinski definition) is 2. The Morgan fingerprint density at radius 1 is 0.484 bits per heavy atom. The zero-order valence-corrected chi connectivity index (χ0v) is 25.0. The van der Waals surface area contributed by atoms with Crippen molar-refractivity contribution in [1.29, 1.82) is 0 Å². The number of rotatable bonds is 6. The van der Waals surface area contributed by atoms with Gasteiger partial charge in [-0.05, 0) is 35.4 Å². The molecule has 31 heavy (non-hydrogen) atoms. The molecule has 0 fully saturated rings. The van der Waals surface area contributed by atoms with E-state index in [0.29, 0.717) is 0 Å². The van der Waals surface area contributed by atoms with Gasteiger partial charge in [0.2, 0.25) is 0 Å². The topological polar surface area (TPSA) is 0 Å². The van der Waals surface area contributed by atoms with Crippen molar-refractivity contribution < 1.29 is 65.4 Å². The van der Waals surface area contributed by atoms with E-state index in [1.54, 1.807) is 23.5 Å². The van der Waals surface area contributed by atoms with E-state index in [4.69, 9.17) is 0 Å². The van der Waals surface area contributed by atoms with Crippen molar-refractivity contribution in [3.8, 4) is 0 Å². The first-order chi connectivity index (χ1) is 14.1. The summed E-state index contributed by atoms with van der Waals surface area (Å²) < 4.78 is 0. The quantitative estimate of drug-likeness (QED) is 0.210. The van der Waals surface area contributed by atoms with Crippen LogP contribution in [0.15, 0.2) is 117 Å². The molecule has 0 atom stereocenters. The molecule has 0 amide bonds. The molecule has 150 valence electrons. The van der Waals surface area contributed by atoms with Gasteiger partial charge in [0.25, 0.3) is 0 Å². The molecule has 4 rings (SSSR count). The first-order valence-electron chi connectivity index (χ1n) is 9.60. The fourth-order valence-electron chi connectivity index (χ4n) is 3.20. The van der Waals surface area contributed by atoms with Crippen LogP contribution in [-0.4, -0.2) is 0 Å². The molecule has 0 unspecified atom stereocenters. The SMILES string of the molecule is CC(C)(c1ccc(Sc2cc[c-]cc2)cc1)c1ccc(Sc2cc[c-]cc2)cc1.[Y].[Y]. The summed E-state index contributed by atoms with van der Waals surface area (Å²) in [5.74, 6) is 0. The Bertz CT molecular complexity index is 959. The summed E-state index contributed by atoms with van der Waals surface area (Å²) in [7, 11) is 0. The summed E-state index contributed by atoms with van der Waals surface area (Å²) in [5.41, 5.74) is 2.60. The molecule has 0 heterocycles. The van der Waals surface area contributed by atoms with Crippen molar-refractivity contribution in [3.63, 3.8) is 0 Å². The van der Waals surface area contributed by atoms with Crippen LogP contribution in [0.25, 0.3) is 0 Å². The Kier molecular flexibility index (Phi) is 11.2. The van der Waals surface area contributed by atoms with Gasteiger partial charge in [-0.15, -0.1) is 23.5 Å². The third-order valence-corrected chi connectivity index (χ3v) is 7.03. The third-order valence-electron chi connectivity index (χ3n) is 5.00. The molecule has 0 aromatic heterocycles. The smallest absolute Gasteiger partial charge is 0.0146 e. The van der Waals surface area contributed by atoms with Gasteiger partial charge in [0.1, 0.15) is 0 Å². The van der Waals surface area contributed by atoms with Gasteiger partial charge in [0.15, 0.2) is 0 Å². The van der Waals surface area contributed by atoms with Gasteiger partial charge >= 0.3 is 0 Å². The summed E-state index contributed by atoms with van der Waals surface area (Å²) in [6.45, 7) is 4.58. The molecule has 0 nitrogen and oxygen atoms in total. The molecule has 0 aliphatic heterocycles. The van der Waals surface area contributed by atoms with Gasteiger partial charge in [-0.1, -0.05) is 47.9 Å². The molecule has 0 saturated heterocycles. The van der Waals surface area contributed by atoms with Crippen LogP contribution in [0.5, 0.6) is 0 Å². The summed E-state index contributed by atoms with van der Waals surface area (Å²) in [6, 6.07) is 40.2. The summed E-state index contributed by atoms with van der Waals surface area (Å²) >= 11 is 3.56. The zero-order valence-electron chi connectivity index (χ0n) is 17.7. The van der Waals surface area contributed by atoms with Crippen LogP contribution in [0.2, 0.25) is 0 Å². The van der Waals surface area contributed by atoms with Crippen LogP contribution >= 0.6 is 23.5 Å². The molecule has 0 aliphatic rings.